The van der Waals surface area contributed by atoms with E-state index in [1.165, 1.54) is 10.6 Å². The van der Waals surface area contributed by atoms with E-state index in [2.05, 4.69) is 4.98 Å². The summed E-state index contributed by atoms with van der Waals surface area (Å²) in [6, 6.07) is 10.9. The molecule has 25 heavy (non-hydrogen) atoms. The number of fused-ring (bicyclic) bond motifs is 4. The topological polar surface area (TPSA) is 113 Å². The second kappa shape index (κ2) is 5.51. The van der Waals surface area contributed by atoms with E-state index in [-0.39, 0.29) is 17.7 Å². The van der Waals surface area contributed by atoms with Crippen molar-refractivity contribution in [1.29, 1.82) is 0 Å². The number of rotatable bonds is 3. The fraction of sp³-hybridized carbons (Fsp3) is 0.167. The van der Waals surface area contributed by atoms with Gasteiger partial charge in [-0.3, -0.25) is 4.79 Å². The predicted octanol–water partition coefficient (Wildman–Crippen LogP) is 1.04. The molecular weight excluding hydrogens is 324 g/mol. The normalized spacial score (nSPS) is 13.5. The summed E-state index contributed by atoms with van der Waals surface area (Å²) in [4.78, 5) is 28.4. The minimum absolute atomic E-state index is 0.103. The van der Waals surface area contributed by atoms with Gasteiger partial charge in [0.1, 0.15) is 0 Å². The van der Waals surface area contributed by atoms with Crippen LogP contribution in [0.25, 0.3) is 22.3 Å². The standard InChI is InChI=1S/C18H14N2O5/c21-8-12-11(16(22)18(24)25)6-14-15-10(7-20(14)17(12)23)5-9-3-1-2-4-13(9)19-15/h1-6,16,21-22H,7-8H2,(H,24,25). The van der Waals surface area contributed by atoms with Gasteiger partial charge in [-0.05, 0) is 18.2 Å². The molecule has 7 nitrogen and oxygen atoms in total. The number of carboxylic acid groups (broad SMARTS) is 1. The molecule has 1 atom stereocenters. The molecule has 0 aliphatic carbocycles. The number of aliphatic carboxylic acids is 1. The predicted molar refractivity (Wildman–Crippen MR) is 89.1 cm³/mol. The Morgan fingerprint density at radius 1 is 1.28 bits per heavy atom. The maximum absolute atomic E-state index is 12.7. The number of benzene rings is 1. The maximum Gasteiger partial charge on any atom is 0.337 e. The molecule has 126 valence electrons. The first-order valence-corrected chi connectivity index (χ1v) is 7.68. The molecule has 0 saturated heterocycles. The highest BCUT2D eigenvalue weighted by atomic mass is 16.4. The van der Waals surface area contributed by atoms with E-state index in [9.17, 15) is 19.8 Å². The molecule has 0 saturated carbocycles. The highest BCUT2D eigenvalue weighted by molar-refractivity contribution is 5.84. The average molecular weight is 338 g/mol. The van der Waals surface area contributed by atoms with E-state index in [1.807, 2.05) is 30.3 Å². The Morgan fingerprint density at radius 3 is 2.76 bits per heavy atom. The van der Waals surface area contributed by atoms with Gasteiger partial charge in [0.15, 0.2) is 6.10 Å². The zero-order valence-corrected chi connectivity index (χ0v) is 13.0. The molecular formula is C18H14N2O5. The number of carboxylic acids is 1. The zero-order chi connectivity index (χ0) is 17.7. The summed E-state index contributed by atoms with van der Waals surface area (Å²) in [6.07, 6.45) is -1.88. The van der Waals surface area contributed by atoms with Crippen LogP contribution in [-0.2, 0) is 17.9 Å². The van der Waals surface area contributed by atoms with Gasteiger partial charge in [0.25, 0.3) is 5.56 Å². The van der Waals surface area contributed by atoms with Crippen molar-refractivity contribution in [1.82, 2.24) is 9.55 Å². The largest absolute Gasteiger partial charge is 0.479 e. The van der Waals surface area contributed by atoms with Gasteiger partial charge in [0.2, 0.25) is 0 Å². The molecule has 1 aromatic carbocycles. The molecule has 3 heterocycles. The van der Waals surface area contributed by atoms with E-state index in [0.29, 0.717) is 11.4 Å². The zero-order valence-electron chi connectivity index (χ0n) is 13.0. The summed E-state index contributed by atoms with van der Waals surface area (Å²) in [5.74, 6) is -1.48. The van der Waals surface area contributed by atoms with E-state index < -0.39 is 24.2 Å². The van der Waals surface area contributed by atoms with Crippen molar-refractivity contribution in [2.75, 3.05) is 0 Å². The van der Waals surface area contributed by atoms with Gasteiger partial charge in [0.05, 0.1) is 30.1 Å². The number of carbonyl (C=O) groups is 1. The molecule has 2 aromatic heterocycles. The monoisotopic (exact) mass is 338 g/mol. The van der Waals surface area contributed by atoms with Crippen molar-refractivity contribution >= 4 is 16.9 Å². The van der Waals surface area contributed by atoms with Gasteiger partial charge in [-0.25, -0.2) is 9.78 Å². The van der Waals surface area contributed by atoms with E-state index in [0.717, 1.165) is 16.5 Å². The first-order valence-electron chi connectivity index (χ1n) is 7.68. The fourth-order valence-electron chi connectivity index (χ4n) is 3.27. The first kappa shape index (κ1) is 15.5. The third-order valence-electron chi connectivity index (χ3n) is 4.50. The third-order valence-corrected chi connectivity index (χ3v) is 4.50. The number of aromatic nitrogens is 2. The summed E-state index contributed by atoms with van der Waals surface area (Å²) >= 11 is 0. The summed E-state index contributed by atoms with van der Waals surface area (Å²) < 4.78 is 1.44. The second-order valence-corrected chi connectivity index (χ2v) is 5.94. The van der Waals surface area contributed by atoms with Crippen LogP contribution < -0.4 is 5.56 Å². The molecule has 0 fully saturated rings. The van der Waals surface area contributed by atoms with Crippen molar-refractivity contribution in [3.8, 4) is 11.4 Å². The van der Waals surface area contributed by atoms with Crippen molar-refractivity contribution in [3.05, 3.63) is 63.4 Å². The van der Waals surface area contributed by atoms with Crippen LogP contribution in [0.2, 0.25) is 0 Å². The van der Waals surface area contributed by atoms with Gasteiger partial charge in [0, 0.05) is 22.1 Å². The molecule has 0 amide bonds. The smallest absolute Gasteiger partial charge is 0.337 e. The van der Waals surface area contributed by atoms with Gasteiger partial charge >= 0.3 is 5.97 Å². The number of hydrogen-bond donors (Lipinski definition) is 3. The number of aliphatic hydroxyl groups excluding tert-OH is 2. The van der Waals surface area contributed by atoms with Crippen LogP contribution >= 0.6 is 0 Å². The molecule has 3 N–H and O–H groups in total. The average Bonchev–Trinajstić information content (AvgIpc) is 2.96. The van der Waals surface area contributed by atoms with Crippen LogP contribution in [0.5, 0.6) is 0 Å². The van der Waals surface area contributed by atoms with Gasteiger partial charge < -0.3 is 19.9 Å². The molecule has 4 rings (SSSR count). The van der Waals surface area contributed by atoms with Crippen LogP contribution in [0.4, 0.5) is 0 Å². The number of para-hydroxylation sites is 1. The number of hydrogen-bond acceptors (Lipinski definition) is 5. The van der Waals surface area contributed by atoms with E-state index in [4.69, 9.17) is 5.11 Å². The highest BCUT2D eigenvalue weighted by Crippen LogP contribution is 2.33. The Kier molecular flexibility index (Phi) is 3.41. The Hall–Kier alpha value is -3.03. The molecule has 1 unspecified atom stereocenters. The van der Waals surface area contributed by atoms with Crippen molar-refractivity contribution in [3.63, 3.8) is 0 Å². The molecule has 1 aliphatic rings. The van der Waals surface area contributed by atoms with Gasteiger partial charge in [-0.2, -0.15) is 0 Å². The minimum Gasteiger partial charge on any atom is -0.479 e. The first-order chi connectivity index (χ1) is 12.0. The molecule has 0 bridgehead atoms. The Balaban J connectivity index is 2.00. The second-order valence-electron chi connectivity index (χ2n) is 5.94. The summed E-state index contributed by atoms with van der Waals surface area (Å²) in [5, 5.41) is 29.4. The fourth-order valence-corrected chi connectivity index (χ4v) is 3.27. The Morgan fingerprint density at radius 2 is 2.04 bits per heavy atom. The molecule has 0 spiro atoms. The Labute approximate surface area is 141 Å². The van der Waals surface area contributed by atoms with Crippen molar-refractivity contribution < 1.29 is 20.1 Å². The molecule has 3 aromatic rings. The van der Waals surface area contributed by atoms with Gasteiger partial charge in [-0.15, -0.1) is 0 Å². The van der Waals surface area contributed by atoms with Crippen LogP contribution in [0, 0.1) is 0 Å². The lowest BCUT2D eigenvalue weighted by molar-refractivity contribution is -0.147. The van der Waals surface area contributed by atoms with Crippen LogP contribution in [0.1, 0.15) is 22.8 Å². The molecule has 7 heteroatoms. The number of pyridine rings is 2. The van der Waals surface area contributed by atoms with Crippen LogP contribution in [-0.4, -0.2) is 30.8 Å². The number of nitrogens with zero attached hydrogens (tertiary/aromatic N) is 2. The summed E-state index contributed by atoms with van der Waals surface area (Å²) in [5.41, 5.74) is 1.88. The quantitative estimate of drug-likeness (QED) is 0.514. The third kappa shape index (κ3) is 2.25. The van der Waals surface area contributed by atoms with E-state index in [1.54, 1.807) is 0 Å². The summed E-state index contributed by atoms with van der Waals surface area (Å²) in [7, 11) is 0. The van der Waals surface area contributed by atoms with Crippen molar-refractivity contribution in [2.24, 2.45) is 0 Å². The van der Waals surface area contributed by atoms with Crippen molar-refractivity contribution in [2.45, 2.75) is 19.3 Å². The number of aliphatic hydroxyl groups is 2. The highest BCUT2D eigenvalue weighted by Gasteiger charge is 2.29. The van der Waals surface area contributed by atoms with Gasteiger partial charge in [-0.1, -0.05) is 18.2 Å². The lowest BCUT2D eigenvalue weighted by Gasteiger charge is -2.14. The van der Waals surface area contributed by atoms with Crippen LogP contribution in [0.15, 0.2) is 41.2 Å². The minimum atomic E-state index is -1.88. The van der Waals surface area contributed by atoms with Crippen LogP contribution in [0.3, 0.4) is 0 Å². The molecule has 0 radical (unpaired) electrons. The lowest BCUT2D eigenvalue weighted by Crippen LogP contribution is -2.27. The lowest BCUT2D eigenvalue weighted by atomic mass is 10.0. The molecule has 1 aliphatic heterocycles. The SMILES string of the molecule is O=C(O)C(O)c1cc2n(c(=O)c1CO)Cc1cc3ccccc3nc1-2. The maximum atomic E-state index is 12.7. The Bertz CT molecular complexity index is 1090. The van der Waals surface area contributed by atoms with E-state index >= 15 is 0 Å². The summed E-state index contributed by atoms with van der Waals surface area (Å²) in [6.45, 7) is -0.359.